The first-order valence-electron chi connectivity index (χ1n) is 8.53. The summed E-state index contributed by atoms with van der Waals surface area (Å²) < 4.78 is 47.1. The second-order valence-corrected chi connectivity index (χ2v) is 8.86. The first-order chi connectivity index (χ1) is 13.9. The molecule has 4 aromatic rings. The van der Waals surface area contributed by atoms with Crippen LogP contribution in [0.5, 0.6) is 0 Å². The third kappa shape index (κ3) is 3.94. The summed E-state index contributed by atoms with van der Waals surface area (Å²) in [4.78, 5) is 4.19. The molecule has 8 heteroatoms. The molecule has 3 aromatic carbocycles. The zero-order valence-corrected chi connectivity index (χ0v) is 17.2. The van der Waals surface area contributed by atoms with Crippen LogP contribution in [0, 0.1) is 5.82 Å². The molecule has 1 N–H and O–H groups in total. The Labute approximate surface area is 175 Å². The van der Waals surface area contributed by atoms with Crippen LogP contribution in [-0.4, -0.2) is 13.4 Å². The Balaban J connectivity index is 1.87. The summed E-state index contributed by atoms with van der Waals surface area (Å²) in [6, 6.07) is 21.0. The molecule has 5 nitrogen and oxygen atoms in total. The van der Waals surface area contributed by atoms with Gasteiger partial charge < -0.3 is 9.73 Å². The van der Waals surface area contributed by atoms with Crippen LogP contribution in [0.3, 0.4) is 0 Å². The smallest absolute Gasteiger partial charge is 0.238 e. The predicted octanol–water partition coefficient (Wildman–Crippen LogP) is 5.82. The lowest BCUT2D eigenvalue weighted by Gasteiger charge is -2.06. The molecule has 1 aromatic heterocycles. The number of hydrogen-bond acceptors (Lipinski definition) is 5. The zero-order valence-electron chi connectivity index (χ0n) is 14.8. The van der Waals surface area contributed by atoms with Gasteiger partial charge in [-0.15, -0.1) is 0 Å². The minimum absolute atomic E-state index is 0.0465. The lowest BCUT2D eigenvalue weighted by Crippen LogP contribution is -2.05. The monoisotopic (exact) mass is 472 g/mol. The van der Waals surface area contributed by atoms with Crippen molar-refractivity contribution in [3.8, 4) is 11.5 Å². The average Bonchev–Trinajstić information content (AvgIpc) is 3.14. The van der Waals surface area contributed by atoms with E-state index in [9.17, 15) is 12.8 Å². The summed E-state index contributed by atoms with van der Waals surface area (Å²) in [7, 11) is -4.02. The fourth-order valence-electron chi connectivity index (χ4n) is 2.70. The number of oxazole rings is 1. The van der Waals surface area contributed by atoms with Gasteiger partial charge >= 0.3 is 0 Å². The molecule has 0 aliphatic carbocycles. The van der Waals surface area contributed by atoms with E-state index < -0.39 is 15.7 Å². The quantitative estimate of drug-likeness (QED) is 0.396. The summed E-state index contributed by atoms with van der Waals surface area (Å²) >= 11 is 3.29. The average molecular weight is 473 g/mol. The minimum Gasteiger partial charge on any atom is -0.419 e. The lowest BCUT2D eigenvalue weighted by molar-refractivity contribution is 0.572. The van der Waals surface area contributed by atoms with E-state index in [2.05, 4.69) is 26.2 Å². The molecule has 0 unspecified atom stereocenters. The Morgan fingerprint density at radius 3 is 2.24 bits per heavy atom. The van der Waals surface area contributed by atoms with Crippen molar-refractivity contribution in [3.63, 3.8) is 0 Å². The summed E-state index contributed by atoms with van der Waals surface area (Å²) in [6.45, 7) is 0. The molecule has 0 saturated carbocycles. The maximum absolute atomic E-state index is 14.2. The molecule has 0 aliphatic rings. The number of sulfone groups is 1. The van der Waals surface area contributed by atoms with Crippen LogP contribution in [0.2, 0.25) is 0 Å². The van der Waals surface area contributed by atoms with Crippen molar-refractivity contribution < 1.29 is 17.2 Å². The molecule has 4 rings (SSSR count). The van der Waals surface area contributed by atoms with Gasteiger partial charge in [0.15, 0.2) is 0 Å². The maximum atomic E-state index is 14.2. The van der Waals surface area contributed by atoms with E-state index in [0.717, 1.165) is 4.47 Å². The highest BCUT2D eigenvalue weighted by Gasteiger charge is 2.29. The number of aromatic nitrogens is 1. The molecule has 1 heterocycles. The Hall–Kier alpha value is -2.97. The second kappa shape index (κ2) is 7.81. The number of para-hydroxylation sites is 1. The number of anilines is 2. The lowest BCUT2D eigenvalue weighted by atomic mass is 10.2. The molecule has 0 amide bonds. The highest BCUT2D eigenvalue weighted by Crippen LogP contribution is 2.35. The number of nitrogens with one attached hydrogen (secondary N) is 1. The molecule has 0 spiro atoms. The van der Waals surface area contributed by atoms with E-state index in [4.69, 9.17) is 4.42 Å². The summed E-state index contributed by atoms with van der Waals surface area (Å²) in [5.74, 6) is -0.776. The summed E-state index contributed by atoms with van der Waals surface area (Å²) in [6.07, 6.45) is 0. The van der Waals surface area contributed by atoms with Gasteiger partial charge in [-0.1, -0.05) is 46.3 Å². The van der Waals surface area contributed by atoms with Gasteiger partial charge in [0.2, 0.25) is 26.6 Å². The molecule has 0 bridgehead atoms. The minimum atomic E-state index is -4.02. The largest absolute Gasteiger partial charge is 0.419 e. The van der Waals surface area contributed by atoms with Crippen molar-refractivity contribution in [3.05, 3.63) is 89.2 Å². The van der Waals surface area contributed by atoms with Gasteiger partial charge in [-0.3, -0.25) is 0 Å². The van der Waals surface area contributed by atoms with Crippen LogP contribution in [0.4, 0.5) is 16.0 Å². The molecule has 146 valence electrons. The highest BCUT2D eigenvalue weighted by molar-refractivity contribution is 9.10. The van der Waals surface area contributed by atoms with Crippen molar-refractivity contribution in [2.45, 2.75) is 9.92 Å². The molecule has 29 heavy (non-hydrogen) atoms. The van der Waals surface area contributed by atoms with E-state index in [0.29, 0.717) is 5.69 Å². The van der Waals surface area contributed by atoms with Crippen molar-refractivity contribution in [1.29, 1.82) is 0 Å². The van der Waals surface area contributed by atoms with Crippen LogP contribution in [-0.2, 0) is 9.84 Å². The van der Waals surface area contributed by atoms with Crippen molar-refractivity contribution in [2.75, 3.05) is 5.32 Å². The molecule has 0 atom stereocenters. The van der Waals surface area contributed by atoms with Crippen LogP contribution in [0.15, 0.2) is 97.7 Å². The van der Waals surface area contributed by atoms with Crippen LogP contribution < -0.4 is 5.32 Å². The van der Waals surface area contributed by atoms with Gasteiger partial charge in [-0.25, -0.2) is 12.8 Å². The molecular weight excluding hydrogens is 459 g/mol. The number of nitrogens with zero attached hydrogens (tertiary/aromatic N) is 1. The molecule has 0 radical (unpaired) electrons. The SMILES string of the molecule is O=S(=O)(c1ccc(Br)cc1)c1nc(-c2ccccc2F)oc1Nc1ccccc1. The Kier molecular flexibility index (Phi) is 5.21. The van der Waals surface area contributed by atoms with Gasteiger partial charge in [0.05, 0.1) is 10.5 Å². The predicted molar refractivity (Wildman–Crippen MR) is 111 cm³/mol. The Bertz CT molecular complexity index is 1260. The molecule has 0 saturated heterocycles. The number of halogens is 2. The normalized spacial score (nSPS) is 11.4. The van der Waals surface area contributed by atoms with Crippen LogP contribution in [0.1, 0.15) is 0 Å². The zero-order chi connectivity index (χ0) is 20.4. The van der Waals surface area contributed by atoms with Gasteiger partial charge in [-0.2, -0.15) is 4.98 Å². The number of hydrogen-bond donors (Lipinski definition) is 1. The maximum Gasteiger partial charge on any atom is 0.238 e. The third-order valence-corrected chi connectivity index (χ3v) is 6.32. The van der Waals surface area contributed by atoms with Crippen LogP contribution in [0.25, 0.3) is 11.5 Å². The van der Waals surface area contributed by atoms with Gasteiger partial charge in [0.25, 0.3) is 0 Å². The van der Waals surface area contributed by atoms with Gasteiger partial charge in [-0.05, 0) is 48.5 Å². The van der Waals surface area contributed by atoms with Crippen molar-refractivity contribution >= 4 is 37.3 Å². The van der Waals surface area contributed by atoms with Gasteiger partial charge in [0, 0.05) is 10.2 Å². The van der Waals surface area contributed by atoms with Crippen LogP contribution >= 0.6 is 15.9 Å². The van der Waals surface area contributed by atoms with Crippen molar-refractivity contribution in [1.82, 2.24) is 4.98 Å². The topological polar surface area (TPSA) is 72.2 Å². The van der Waals surface area contributed by atoms with E-state index in [1.54, 1.807) is 42.5 Å². The Morgan fingerprint density at radius 2 is 1.55 bits per heavy atom. The standard InChI is InChI=1S/C21H14BrFN2O3S/c22-14-10-12-16(13-11-14)29(26,27)21-20(24-15-6-2-1-3-7-15)28-19(25-21)17-8-4-5-9-18(17)23/h1-13,24H. The fraction of sp³-hybridized carbons (Fsp3) is 0. The Morgan fingerprint density at radius 1 is 0.897 bits per heavy atom. The molecule has 0 fully saturated rings. The second-order valence-electron chi connectivity index (χ2n) is 6.08. The van der Waals surface area contributed by atoms with Gasteiger partial charge in [0.1, 0.15) is 5.82 Å². The molecular formula is C21H14BrFN2O3S. The van der Waals surface area contributed by atoms with E-state index in [-0.39, 0.29) is 27.3 Å². The molecule has 0 aliphatic heterocycles. The highest BCUT2D eigenvalue weighted by atomic mass is 79.9. The first kappa shape index (κ1) is 19.4. The third-order valence-electron chi connectivity index (χ3n) is 4.11. The summed E-state index contributed by atoms with van der Waals surface area (Å²) in [5, 5.41) is 2.61. The van der Waals surface area contributed by atoms with E-state index >= 15 is 0 Å². The van der Waals surface area contributed by atoms with E-state index in [1.807, 2.05) is 6.07 Å². The number of rotatable bonds is 5. The number of benzene rings is 3. The first-order valence-corrected chi connectivity index (χ1v) is 10.8. The van der Waals surface area contributed by atoms with E-state index in [1.165, 1.54) is 30.3 Å². The van der Waals surface area contributed by atoms with Crippen molar-refractivity contribution in [2.24, 2.45) is 0 Å². The summed E-state index contributed by atoms with van der Waals surface area (Å²) in [5.41, 5.74) is 0.678. The fourth-order valence-corrected chi connectivity index (χ4v) is 4.22.